The molecule has 5 rings (SSSR count). The van der Waals surface area contributed by atoms with E-state index in [0.717, 1.165) is 22.2 Å². The number of nitrogens with two attached hydrogens (primary N) is 1. The average molecular weight is 466 g/mol. The zero-order valence-electron chi connectivity index (χ0n) is 20.0. The number of hydrogen-bond donors (Lipinski definition) is 2. The third kappa shape index (κ3) is 3.60. The fourth-order valence-electron chi connectivity index (χ4n) is 5.39. The van der Waals surface area contributed by atoms with Crippen LogP contribution in [0.4, 0.5) is 5.69 Å². The van der Waals surface area contributed by atoms with E-state index in [-0.39, 0.29) is 22.7 Å². The lowest BCUT2D eigenvalue weighted by Crippen LogP contribution is -2.42. The Morgan fingerprint density at radius 3 is 2.60 bits per heavy atom. The highest BCUT2D eigenvalue weighted by atomic mass is 16.5. The number of benzene rings is 3. The standard InChI is InChI=1S/C29H27N3O3/c1-29(2)14-22-27(24(34)15-29)26(18-11-12-23(33)25(13-18)35-3)20(16-30)28(31)32(22)21-10-6-8-17-7-4-5-9-19(17)21/h4-13,26,33H,14-15,31H2,1-3H3. The van der Waals surface area contributed by atoms with Gasteiger partial charge in [-0.05, 0) is 41.0 Å². The number of ketones is 1. The van der Waals surface area contributed by atoms with Crippen molar-refractivity contribution < 1.29 is 14.6 Å². The number of nitrogens with zero attached hydrogens (tertiary/aromatic N) is 2. The summed E-state index contributed by atoms with van der Waals surface area (Å²) in [5, 5.41) is 22.5. The van der Waals surface area contributed by atoms with Crippen LogP contribution in [0.1, 0.15) is 38.2 Å². The summed E-state index contributed by atoms with van der Waals surface area (Å²) >= 11 is 0. The van der Waals surface area contributed by atoms with Crippen LogP contribution in [0.3, 0.4) is 0 Å². The first kappa shape index (κ1) is 22.5. The molecule has 0 radical (unpaired) electrons. The predicted molar refractivity (Wildman–Crippen MR) is 136 cm³/mol. The summed E-state index contributed by atoms with van der Waals surface area (Å²) in [4.78, 5) is 15.6. The number of hydrogen-bond acceptors (Lipinski definition) is 6. The number of carbonyl (C=O) groups is 1. The minimum absolute atomic E-state index is 0.00113. The highest BCUT2D eigenvalue weighted by Crippen LogP contribution is 2.51. The lowest BCUT2D eigenvalue weighted by Gasteiger charge is -2.44. The number of anilines is 1. The lowest BCUT2D eigenvalue weighted by molar-refractivity contribution is -0.118. The van der Waals surface area contributed by atoms with Gasteiger partial charge in [0.15, 0.2) is 17.3 Å². The summed E-state index contributed by atoms with van der Waals surface area (Å²) in [5.74, 6) is -0.0611. The molecule has 1 heterocycles. The Labute approximate surface area is 204 Å². The molecule has 0 aromatic heterocycles. The molecule has 1 aliphatic heterocycles. The summed E-state index contributed by atoms with van der Waals surface area (Å²) in [6.07, 6.45) is 1.00. The number of carbonyl (C=O) groups excluding carboxylic acids is 1. The first-order chi connectivity index (χ1) is 16.8. The smallest absolute Gasteiger partial charge is 0.162 e. The normalized spacial score (nSPS) is 19.5. The number of Topliss-reactive ketones (excluding diaryl/α,β-unsaturated/α-hetero) is 1. The molecule has 6 nitrogen and oxygen atoms in total. The van der Waals surface area contributed by atoms with Crippen LogP contribution in [0.25, 0.3) is 10.8 Å². The molecule has 176 valence electrons. The Bertz CT molecular complexity index is 1470. The molecule has 0 fully saturated rings. The van der Waals surface area contributed by atoms with Crippen LogP contribution in [0.2, 0.25) is 0 Å². The minimum atomic E-state index is -0.640. The molecule has 0 saturated carbocycles. The van der Waals surface area contributed by atoms with Gasteiger partial charge in [-0.1, -0.05) is 56.3 Å². The fraction of sp³-hybridized carbons (Fsp3) is 0.241. The Balaban J connectivity index is 1.82. The summed E-state index contributed by atoms with van der Waals surface area (Å²) in [6.45, 7) is 4.16. The molecule has 2 aliphatic rings. The van der Waals surface area contributed by atoms with Crippen LogP contribution in [-0.4, -0.2) is 18.0 Å². The number of allylic oxidation sites excluding steroid dienone is 3. The number of rotatable bonds is 3. The van der Waals surface area contributed by atoms with Crippen molar-refractivity contribution in [2.75, 3.05) is 12.0 Å². The van der Waals surface area contributed by atoms with E-state index in [1.54, 1.807) is 12.1 Å². The number of phenolic OH excluding ortho intramolecular Hbond substituents is 1. The molecule has 3 N–H and O–H groups in total. The van der Waals surface area contributed by atoms with Crippen molar-refractivity contribution in [1.82, 2.24) is 0 Å². The van der Waals surface area contributed by atoms with E-state index in [9.17, 15) is 15.2 Å². The summed E-state index contributed by atoms with van der Waals surface area (Å²) < 4.78 is 5.32. The van der Waals surface area contributed by atoms with E-state index >= 15 is 0 Å². The molecule has 0 spiro atoms. The topological polar surface area (TPSA) is 99.6 Å². The Morgan fingerprint density at radius 2 is 1.86 bits per heavy atom. The number of phenols is 1. The number of nitriles is 1. The van der Waals surface area contributed by atoms with Crippen LogP contribution >= 0.6 is 0 Å². The Hall–Kier alpha value is -4.24. The van der Waals surface area contributed by atoms with Crippen molar-refractivity contribution in [3.63, 3.8) is 0 Å². The molecule has 1 unspecified atom stereocenters. The fourth-order valence-corrected chi connectivity index (χ4v) is 5.39. The molecule has 3 aromatic carbocycles. The maximum Gasteiger partial charge on any atom is 0.162 e. The second-order valence-corrected chi connectivity index (χ2v) is 9.91. The number of methoxy groups -OCH3 is 1. The van der Waals surface area contributed by atoms with E-state index < -0.39 is 5.92 Å². The van der Waals surface area contributed by atoms with Gasteiger partial charge >= 0.3 is 0 Å². The second kappa shape index (κ2) is 8.21. The molecule has 0 bridgehead atoms. The second-order valence-electron chi connectivity index (χ2n) is 9.91. The third-order valence-corrected chi connectivity index (χ3v) is 6.93. The molecule has 1 atom stereocenters. The first-order valence-corrected chi connectivity index (χ1v) is 11.6. The van der Waals surface area contributed by atoms with Crippen molar-refractivity contribution in [3.05, 3.63) is 88.9 Å². The maximum atomic E-state index is 13.7. The van der Waals surface area contributed by atoms with Crippen LogP contribution in [0, 0.1) is 16.7 Å². The molecule has 3 aromatic rings. The van der Waals surface area contributed by atoms with Crippen molar-refractivity contribution >= 4 is 22.2 Å². The Kier molecular flexibility index (Phi) is 5.29. The number of ether oxygens (including phenoxy) is 1. The van der Waals surface area contributed by atoms with Gasteiger partial charge in [0.05, 0.1) is 30.4 Å². The van der Waals surface area contributed by atoms with Gasteiger partial charge < -0.3 is 15.6 Å². The average Bonchev–Trinajstić information content (AvgIpc) is 2.83. The van der Waals surface area contributed by atoms with Crippen LogP contribution in [-0.2, 0) is 4.79 Å². The molecule has 0 saturated heterocycles. The molecular weight excluding hydrogens is 438 g/mol. The van der Waals surface area contributed by atoms with E-state index in [0.29, 0.717) is 35.4 Å². The van der Waals surface area contributed by atoms with Crippen LogP contribution in [0.5, 0.6) is 11.5 Å². The highest BCUT2D eigenvalue weighted by Gasteiger charge is 2.45. The molecule has 1 aliphatic carbocycles. The first-order valence-electron chi connectivity index (χ1n) is 11.6. The van der Waals surface area contributed by atoms with Gasteiger partial charge in [0.1, 0.15) is 5.82 Å². The van der Waals surface area contributed by atoms with Gasteiger partial charge in [-0.2, -0.15) is 5.26 Å². The van der Waals surface area contributed by atoms with Gasteiger partial charge in [-0.15, -0.1) is 0 Å². The molecule has 35 heavy (non-hydrogen) atoms. The molecular formula is C29H27N3O3. The highest BCUT2D eigenvalue weighted by molar-refractivity contribution is 6.03. The van der Waals surface area contributed by atoms with Crippen molar-refractivity contribution in [3.8, 4) is 17.6 Å². The molecule has 6 heteroatoms. The largest absolute Gasteiger partial charge is 0.504 e. The van der Waals surface area contributed by atoms with E-state index in [2.05, 4.69) is 19.9 Å². The summed E-state index contributed by atoms with van der Waals surface area (Å²) in [7, 11) is 1.47. The van der Waals surface area contributed by atoms with Gasteiger partial charge in [-0.25, -0.2) is 0 Å². The van der Waals surface area contributed by atoms with Crippen LogP contribution < -0.4 is 15.4 Å². The van der Waals surface area contributed by atoms with Crippen molar-refractivity contribution in [1.29, 1.82) is 5.26 Å². The third-order valence-electron chi connectivity index (χ3n) is 6.93. The van der Waals surface area contributed by atoms with E-state index in [4.69, 9.17) is 10.5 Å². The molecule has 0 amide bonds. The lowest BCUT2D eigenvalue weighted by atomic mass is 9.68. The van der Waals surface area contributed by atoms with Gasteiger partial charge in [0, 0.05) is 23.1 Å². The van der Waals surface area contributed by atoms with Gasteiger partial charge in [0.25, 0.3) is 0 Å². The predicted octanol–water partition coefficient (Wildman–Crippen LogP) is 5.49. The summed E-state index contributed by atoms with van der Waals surface area (Å²) in [6, 6.07) is 21.2. The zero-order valence-corrected chi connectivity index (χ0v) is 20.0. The zero-order chi connectivity index (χ0) is 24.9. The maximum absolute atomic E-state index is 13.7. The van der Waals surface area contributed by atoms with Crippen LogP contribution in [0.15, 0.2) is 83.3 Å². The monoisotopic (exact) mass is 465 g/mol. The number of aromatic hydroxyl groups is 1. The minimum Gasteiger partial charge on any atom is -0.504 e. The summed E-state index contributed by atoms with van der Waals surface area (Å²) in [5.41, 5.74) is 9.74. The SMILES string of the molecule is COc1cc(C2C(C#N)=C(N)N(c3cccc4ccccc34)C3=C2C(=O)CC(C)(C)C3)ccc1O. The van der Waals surface area contributed by atoms with Crippen molar-refractivity contribution in [2.24, 2.45) is 11.1 Å². The van der Waals surface area contributed by atoms with Crippen molar-refractivity contribution in [2.45, 2.75) is 32.6 Å². The van der Waals surface area contributed by atoms with Gasteiger partial charge in [0.2, 0.25) is 0 Å². The Morgan fingerprint density at radius 1 is 1.11 bits per heavy atom. The van der Waals surface area contributed by atoms with E-state index in [1.165, 1.54) is 13.2 Å². The van der Waals surface area contributed by atoms with E-state index in [1.807, 2.05) is 47.4 Å². The van der Waals surface area contributed by atoms with Gasteiger partial charge in [-0.3, -0.25) is 9.69 Å². The quantitative estimate of drug-likeness (QED) is 0.530. The number of fused-ring (bicyclic) bond motifs is 1.